The maximum Gasteiger partial charge on any atom is 0.152 e. The van der Waals surface area contributed by atoms with E-state index in [0.717, 1.165) is 17.0 Å². The fraction of sp³-hybridized carbons (Fsp3) is 0.333. The lowest BCUT2D eigenvalue weighted by molar-refractivity contribution is 0.412. The molecule has 0 aliphatic rings. The number of ether oxygens (including phenoxy) is 1. The molecular weight excluding hydrogens is 252 g/mol. The minimum Gasteiger partial charge on any atom is -0.495 e. The summed E-state index contributed by atoms with van der Waals surface area (Å²) in [4.78, 5) is 0. The van der Waals surface area contributed by atoms with Gasteiger partial charge in [-0.15, -0.1) is 21.8 Å². The van der Waals surface area contributed by atoms with E-state index in [4.69, 9.17) is 22.1 Å². The molecule has 5 nitrogen and oxygen atoms in total. The van der Waals surface area contributed by atoms with Crippen molar-refractivity contribution in [1.29, 1.82) is 0 Å². The van der Waals surface area contributed by atoms with Crippen molar-refractivity contribution in [3.63, 3.8) is 0 Å². The fourth-order valence-electron chi connectivity index (χ4n) is 1.83. The van der Waals surface area contributed by atoms with Crippen molar-refractivity contribution in [2.45, 2.75) is 19.3 Å². The van der Waals surface area contributed by atoms with Crippen molar-refractivity contribution in [2.24, 2.45) is 5.73 Å². The maximum atomic E-state index is 5.88. The molecule has 2 N–H and O–H groups in total. The van der Waals surface area contributed by atoms with Crippen LogP contribution in [-0.2, 0) is 12.4 Å². The molecule has 0 bridgehead atoms. The average molecular weight is 267 g/mol. The van der Waals surface area contributed by atoms with Crippen LogP contribution in [0.2, 0.25) is 0 Å². The molecule has 0 atom stereocenters. The molecule has 1 aromatic heterocycles. The number of halogens is 1. The zero-order valence-corrected chi connectivity index (χ0v) is 11.1. The Labute approximate surface area is 111 Å². The van der Waals surface area contributed by atoms with E-state index in [2.05, 4.69) is 10.2 Å². The Morgan fingerprint density at radius 1 is 1.33 bits per heavy atom. The van der Waals surface area contributed by atoms with Crippen molar-refractivity contribution < 1.29 is 4.74 Å². The molecule has 2 rings (SSSR count). The standard InChI is InChI=1S/C12H15ClN4O/c1-8-3-4-10(18-2)9(5-8)17-11(6-13)15-16-12(17)7-14/h3-5H,6-7,14H2,1-2H3. The Hall–Kier alpha value is -1.59. The van der Waals surface area contributed by atoms with Crippen LogP contribution in [0.1, 0.15) is 17.2 Å². The number of hydrogen-bond donors (Lipinski definition) is 1. The Balaban J connectivity index is 2.66. The highest BCUT2D eigenvalue weighted by atomic mass is 35.5. The van der Waals surface area contributed by atoms with Crippen molar-refractivity contribution in [2.75, 3.05) is 7.11 Å². The second kappa shape index (κ2) is 5.37. The summed E-state index contributed by atoms with van der Waals surface area (Å²) in [5.74, 6) is 2.32. The quantitative estimate of drug-likeness (QED) is 0.857. The molecule has 1 aromatic carbocycles. The van der Waals surface area contributed by atoms with Crippen LogP contribution in [0, 0.1) is 6.92 Å². The van der Waals surface area contributed by atoms with Crippen LogP contribution in [-0.4, -0.2) is 21.9 Å². The number of nitrogens with two attached hydrogens (primary N) is 1. The lowest BCUT2D eigenvalue weighted by Gasteiger charge is -2.13. The van der Waals surface area contributed by atoms with Gasteiger partial charge in [-0.1, -0.05) is 6.07 Å². The molecule has 96 valence electrons. The van der Waals surface area contributed by atoms with Crippen LogP contribution < -0.4 is 10.5 Å². The molecule has 18 heavy (non-hydrogen) atoms. The molecule has 0 amide bonds. The monoisotopic (exact) mass is 266 g/mol. The van der Waals surface area contributed by atoms with Gasteiger partial charge in [0.25, 0.3) is 0 Å². The first-order valence-corrected chi connectivity index (χ1v) is 6.09. The van der Waals surface area contributed by atoms with Crippen LogP contribution in [0.3, 0.4) is 0 Å². The normalized spacial score (nSPS) is 10.7. The third-order valence-electron chi connectivity index (χ3n) is 2.67. The Morgan fingerprint density at radius 2 is 2.06 bits per heavy atom. The predicted octanol–water partition coefficient (Wildman–Crippen LogP) is 1.78. The number of aryl methyl sites for hydroxylation is 1. The molecule has 0 saturated heterocycles. The first kappa shape index (κ1) is 12.9. The summed E-state index contributed by atoms with van der Waals surface area (Å²) in [6, 6.07) is 5.88. The van der Waals surface area contributed by atoms with Gasteiger partial charge in [-0.25, -0.2) is 0 Å². The number of nitrogens with zero attached hydrogens (tertiary/aromatic N) is 3. The highest BCUT2D eigenvalue weighted by molar-refractivity contribution is 6.16. The van der Waals surface area contributed by atoms with E-state index in [-0.39, 0.29) is 5.88 Å². The number of alkyl halides is 1. The van der Waals surface area contributed by atoms with Gasteiger partial charge in [-0.2, -0.15) is 0 Å². The lowest BCUT2D eigenvalue weighted by Crippen LogP contribution is -2.10. The van der Waals surface area contributed by atoms with Gasteiger partial charge < -0.3 is 10.5 Å². The topological polar surface area (TPSA) is 66.0 Å². The molecule has 0 unspecified atom stereocenters. The van der Waals surface area contributed by atoms with Crippen molar-refractivity contribution in [3.8, 4) is 11.4 Å². The summed E-state index contributed by atoms with van der Waals surface area (Å²) in [5.41, 5.74) is 7.65. The smallest absolute Gasteiger partial charge is 0.152 e. The molecule has 0 spiro atoms. The molecule has 0 aliphatic heterocycles. The van der Waals surface area contributed by atoms with E-state index in [9.17, 15) is 0 Å². The van der Waals surface area contributed by atoms with Gasteiger partial charge in [-0.05, 0) is 24.6 Å². The number of aromatic nitrogens is 3. The van der Waals surface area contributed by atoms with Crippen LogP contribution in [0.5, 0.6) is 5.75 Å². The number of methoxy groups -OCH3 is 1. The first-order chi connectivity index (χ1) is 8.71. The number of benzene rings is 1. The van der Waals surface area contributed by atoms with Crippen molar-refractivity contribution >= 4 is 11.6 Å². The fourth-order valence-corrected chi connectivity index (χ4v) is 2.00. The summed E-state index contributed by atoms with van der Waals surface area (Å²) >= 11 is 5.88. The van der Waals surface area contributed by atoms with Gasteiger partial charge in [0.2, 0.25) is 0 Å². The largest absolute Gasteiger partial charge is 0.495 e. The third-order valence-corrected chi connectivity index (χ3v) is 2.91. The van der Waals surface area contributed by atoms with Gasteiger partial charge in [0.1, 0.15) is 5.75 Å². The molecule has 0 saturated carbocycles. The Morgan fingerprint density at radius 3 is 2.67 bits per heavy atom. The van der Waals surface area contributed by atoms with Gasteiger partial charge in [0, 0.05) is 0 Å². The Kier molecular flexibility index (Phi) is 3.84. The van der Waals surface area contributed by atoms with Crippen LogP contribution in [0.15, 0.2) is 18.2 Å². The van der Waals surface area contributed by atoms with Gasteiger partial charge in [0.15, 0.2) is 11.6 Å². The second-order valence-corrected chi connectivity index (χ2v) is 4.15. The zero-order valence-electron chi connectivity index (χ0n) is 10.4. The summed E-state index contributed by atoms with van der Waals surface area (Å²) in [6.45, 7) is 2.30. The molecule has 1 heterocycles. The summed E-state index contributed by atoms with van der Waals surface area (Å²) in [7, 11) is 1.63. The van der Waals surface area contributed by atoms with Crippen LogP contribution in [0.25, 0.3) is 5.69 Å². The van der Waals surface area contributed by atoms with E-state index >= 15 is 0 Å². The second-order valence-electron chi connectivity index (χ2n) is 3.88. The predicted molar refractivity (Wildman–Crippen MR) is 70.1 cm³/mol. The minimum absolute atomic E-state index is 0.268. The van der Waals surface area contributed by atoms with Gasteiger partial charge in [-0.3, -0.25) is 4.57 Å². The van der Waals surface area contributed by atoms with E-state index in [1.807, 2.05) is 29.7 Å². The minimum atomic E-state index is 0.268. The van der Waals surface area contributed by atoms with Crippen LogP contribution >= 0.6 is 11.6 Å². The van der Waals surface area contributed by atoms with Gasteiger partial charge in [0.05, 0.1) is 25.2 Å². The number of hydrogen-bond acceptors (Lipinski definition) is 4. The molecule has 0 fully saturated rings. The molecule has 0 radical (unpaired) electrons. The molecular formula is C12H15ClN4O. The van der Waals surface area contributed by atoms with E-state index in [1.54, 1.807) is 7.11 Å². The molecule has 6 heteroatoms. The SMILES string of the molecule is COc1ccc(C)cc1-n1c(CN)nnc1CCl. The maximum absolute atomic E-state index is 5.88. The third kappa shape index (κ3) is 2.19. The highest BCUT2D eigenvalue weighted by Gasteiger charge is 2.15. The van der Waals surface area contributed by atoms with E-state index < -0.39 is 0 Å². The summed E-state index contributed by atoms with van der Waals surface area (Å²) < 4.78 is 7.21. The lowest BCUT2D eigenvalue weighted by atomic mass is 10.2. The molecule has 2 aromatic rings. The van der Waals surface area contributed by atoms with Gasteiger partial charge >= 0.3 is 0 Å². The van der Waals surface area contributed by atoms with Crippen LogP contribution in [0.4, 0.5) is 0 Å². The first-order valence-electron chi connectivity index (χ1n) is 5.55. The van der Waals surface area contributed by atoms with E-state index in [0.29, 0.717) is 18.2 Å². The Bertz CT molecular complexity index is 532. The van der Waals surface area contributed by atoms with E-state index in [1.165, 1.54) is 0 Å². The summed E-state index contributed by atoms with van der Waals surface area (Å²) in [6.07, 6.45) is 0. The van der Waals surface area contributed by atoms with Crippen molar-refractivity contribution in [1.82, 2.24) is 14.8 Å². The summed E-state index contributed by atoms with van der Waals surface area (Å²) in [5, 5.41) is 8.07. The zero-order chi connectivity index (χ0) is 13.1. The number of rotatable bonds is 4. The average Bonchev–Trinajstić information content (AvgIpc) is 2.81. The highest BCUT2D eigenvalue weighted by Crippen LogP contribution is 2.26. The van der Waals surface area contributed by atoms with Crippen molar-refractivity contribution in [3.05, 3.63) is 35.4 Å². The molecule has 0 aliphatic carbocycles.